The number of fused-ring (bicyclic) bond motifs is 1. The number of carbonyl (C=O) groups excluding carboxylic acids is 1. The van der Waals surface area contributed by atoms with Gasteiger partial charge in [-0.05, 0) is 22.4 Å². The average Bonchev–Trinajstić information content (AvgIpc) is 3.37. The summed E-state index contributed by atoms with van der Waals surface area (Å²) in [4.78, 5) is 22.0. The second kappa shape index (κ2) is 7.02. The normalized spacial score (nSPS) is 11.2. The van der Waals surface area contributed by atoms with Crippen LogP contribution in [0.2, 0.25) is 0 Å². The molecule has 11 heteroatoms. The lowest BCUT2D eigenvalue weighted by atomic mass is 10.4. The van der Waals surface area contributed by atoms with E-state index in [1.54, 1.807) is 23.3 Å². The molecule has 4 rings (SSSR count). The van der Waals surface area contributed by atoms with E-state index in [-0.39, 0.29) is 5.91 Å². The molecule has 0 aliphatic rings. The first-order chi connectivity index (χ1) is 12.2. The summed E-state index contributed by atoms with van der Waals surface area (Å²) in [5.41, 5.74) is 0.770. The molecule has 0 spiro atoms. The summed E-state index contributed by atoms with van der Waals surface area (Å²) in [5, 5.41) is 13.9. The zero-order chi connectivity index (χ0) is 17.2. The molecule has 0 aliphatic heterocycles. The van der Waals surface area contributed by atoms with Crippen LogP contribution in [0.3, 0.4) is 0 Å². The quantitative estimate of drug-likeness (QED) is 0.468. The largest absolute Gasteiger partial charge is 0.351 e. The summed E-state index contributed by atoms with van der Waals surface area (Å²) in [6.07, 6.45) is 7.87. The number of rotatable bonds is 6. The number of nitrogens with zero attached hydrogens (tertiary/aromatic N) is 6. The molecule has 1 N–H and O–H groups in total. The van der Waals surface area contributed by atoms with Gasteiger partial charge in [0.2, 0.25) is 0 Å². The molecule has 0 fully saturated rings. The minimum atomic E-state index is -0.0931. The Morgan fingerprint density at radius 2 is 2.24 bits per heavy atom. The van der Waals surface area contributed by atoms with Crippen LogP contribution >= 0.6 is 38.6 Å². The van der Waals surface area contributed by atoms with Crippen molar-refractivity contribution in [2.45, 2.75) is 13.0 Å². The molecular weight excluding hydrogens is 426 g/mol. The lowest BCUT2D eigenvalue weighted by Gasteiger charge is -2.03. The van der Waals surface area contributed by atoms with E-state index in [0.29, 0.717) is 18.0 Å². The van der Waals surface area contributed by atoms with Crippen LogP contribution in [0.25, 0.3) is 15.7 Å². The Bertz CT molecular complexity index is 1000. The van der Waals surface area contributed by atoms with Gasteiger partial charge in [-0.2, -0.15) is 0 Å². The maximum Gasteiger partial charge on any atom is 0.263 e. The van der Waals surface area contributed by atoms with Gasteiger partial charge < -0.3 is 5.32 Å². The van der Waals surface area contributed by atoms with Crippen LogP contribution in [0, 0.1) is 0 Å². The Morgan fingerprint density at radius 3 is 3.04 bits per heavy atom. The van der Waals surface area contributed by atoms with Gasteiger partial charge in [-0.25, -0.2) is 9.97 Å². The van der Waals surface area contributed by atoms with Crippen molar-refractivity contribution in [2.24, 2.45) is 0 Å². The molecule has 0 saturated carbocycles. The highest BCUT2D eigenvalue weighted by Crippen LogP contribution is 2.21. The number of aromatic nitrogens is 6. The predicted octanol–water partition coefficient (Wildman–Crippen LogP) is 2.69. The van der Waals surface area contributed by atoms with Crippen molar-refractivity contribution in [3.05, 3.63) is 39.6 Å². The third kappa shape index (κ3) is 3.48. The molecule has 1 amide bonds. The van der Waals surface area contributed by atoms with Gasteiger partial charge in [0.1, 0.15) is 20.2 Å². The lowest BCUT2D eigenvalue weighted by molar-refractivity contribution is 0.0956. The van der Waals surface area contributed by atoms with E-state index in [2.05, 4.69) is 41.5 Å². The number of hydrogen-bond donors (Lipinski definition) is 1. The highest BCUT2D eigenvalue weighted by atomic mass is 79.9. The molecule has 0 aliphatic carbocycles. The van der Waals surface area contributed by atoms with E-state index in [1.807, 2.05) is 16.0 Å². The Kier molecular flexibility index (Phi) is 4.59. The molecule has 8 nitrogen and oxygen atoms in total. The van der Waals surface area contributed by atoms with Crippen molar-refractivity contribution >= 4 is 49.5 Å². The molecule has 4 aromatic rings. The summed E-state index contributed by atoms with van der Waals surface area (Å²) in [5.74, 6) is -0.0931. The molecular formula is C14H12BrN7OS2. The summed E-state index contributed by atoms with van der Waals surface area (Å²) < 4.78 is 4.44. The highest BCUT2D eigenvalue weighted by Gasteiger charge is 2.12. The molecule has 25 heavy (non-hydrogen) atoms. The third-order valence-corrected chi connectivity index (χ3v) is 5.81. The maximum absolute atomic E-state index is 12.2. The summed E-state index contributed by atoms with van der Waals surface area (Å²) >= 11 is 6.28. The topological polar surface area (TPSA) is 90.0 Å². The number of aryl methyl sites for hydroxylation is 1. The second-order valence-corrected chi connectivity index (χ2v) is 7.86. The lowest BCUT2D eigenvalue weighted by Crippen LogP contribution is -2.24. The number of carbonyl (C=O) groups is 1. The van der Waals surface area contributed by atoms with Gasteiger partial charge >= 0.3 is 0 Å². The highest BCUT2D eigenvalue weighted by molar-refractivity contribution is 9.10. The zero-order valence-corrected chi connectivity index (χ0v) is 16.0. The van der Waals surface area contributed by atoms with Gasteiger partial charge in [0, 0.05) is 30.9 Å². The van der Waals surface area contributed by atoms with Gasteiger partial charge in [-0.15, -0.1) is 16.4 Å². The number of halogens is 1. The molecule has 0 atom stereocenters. The molecule has 128 valence electrons. The number of hydrogen-bond acceptors (Lipinski definition) is 7. The molecule has 4 aromatic heterocycles. The van der Waals surface area contributed by atoms with Crippen molar-refractivity contribution in [3.8, 4) is 10.7 Å². The van der Waals surface area contributed by atoms with Gasteiger partial charge in [0.15, 0.2) is 4.96 Å². The summed E-state index contributed by atoms with van der Waals surface area (Å²) in [6.45, 7) is 1.24. The van der Waals surface area contributed by atoms with E-state index < -0.39 is 0 Å². The second-order valence-electron chi connectivity index (χ2n) is 5.14. The minimum absolute atomic E-state index is 0.0931. The minimum Gasteiger partial charge on any atom is -0.351 e. The van der Waals surface area contributed by atoms with Crippen molar-refractivity contribution in [3.63, 3.8) is 0 Å². The fourth-order valence-corrected chi connectivity index (χ4v) is 4.20. The van der Waals surface area contributed by atoms with E-state index in [4.69, 9.17) is 0 Å². The van der Waals surface area contributed by atoms with Crippen LogP contribution in [0.5, 0.6) is 0 Å². The van der Waals surface area contributed by atoms with Crippen LogP contribution < -0.4 is 5.32 Å². The van der Waals surface area contributed by atoms with E-state index in [1.165, 1.54) is 22.7 Å². The zero-order valence-electron chi connectivity index (χ0n) is 12.8. The molecule has 0 saturated heterocycles. The molecule has 0 radical (unpaired) electrons. The number of nitrogens with one attached hydrogen (secondary N) is 1. The van der Waals surface area contributed by atoms with Crippen LogP contribution in [-0.2, 0) is 6.54 Å². The monoisotopic (exact) mass is 437 g/mol. The fraction of sp³-hybridized carbons (Fsp3) is 0.214. The number of amides is 1. The molecule has 0 aromatic carbocycles. The SMILES string of the molecule is O=C(NCCCn1cc(-c2nccs2)nn1)c1cn2c(Br)cnc2s1. The van der Waals surface area contributed by atoms with Crippen molar-refractivity contribution < 1.29 is 4.79 Å². The van der Waals surface area contributed by atoms with Gasteiger partial charge in [0.05, 0.1) is 12.4 Å². The molecule has 0 unspecified atom stereocenters. The molecule has 4 heterocycles. The van der Waals surface area contributed by atoms with Gasteiger partial charge in [0.25, 0.3) is 5.91 Å². The summed E-state index contributed by atoms with van der Waals surface area (Å²) in [7, 11) is 0. The molecule has 0 bridgehead atoms. The van der Waals surface area contributed by atoms with Crippen molar-refractivity contribution in [1.82, 2.24) is 34.7 Å². The number of thiazole rings is 2. The van der Waals surface area contributed by atoms with E-state index in [0.717, 1.165) is 26.7 Å². The van der Waals surface area contributed by atoms with Crippen LogP contribution in [0.1, 0.15) is 16.1 Å². The van der Waals surface area contributed by atoms with E-state index >= 15 is 0 Å². The van der Waals surface area contributed by atoms with Gasteiger partial charge in [-0.1, -0.05) is 16.6 Å². The van der Waals surface area contributed by atoms with Crippen LogP contribution in [0.15, 0.2) is 34.8 Å². The standard InChI is InChI=1S/C14H12BrN7OS2/c15-11-6-18-14-22(11)8-10(25-14)12(23)16-2-1-4-21-7-9(19-20-21)13-17-3-5-24-13/h3,5-8H,1-2,4H2,(H,16,23). The van der Waals surface area contributed by atoms with Crippen molar-refractivity contribution in [1.29, 1.82) is 0 Å². The predicted molar refractivity (Wildman–Crippen MR) is 98.8 cm³/mol. The summed E-state index contributed by atoms with van der Waals surface area (Å²) in [6, 6.07) is 0. The maximum atomic E-state index is 12.2. The van der Waals surface area contributed by atoms with Crippen LogP contribution in [-0.4, -0.2) is 41.8 Å². The smallest absolute Gasteiger partial charge is 0.263 e. The average molecular weight is 438 g/mol. The Hall–Kier alpha value is -2.11. The number of imidazole rings is 1. The Morgan fingerprint density at radius 1 is 1.32 bits per heavy atom. The Labute approximate surface area is 158 Å². The van der Waals surface area contributed by atoms with E-state index in [9.17, 15) is 4.79 Å². The first-order valence-corrected chi connectivity index (χ1v) is 9.90. The first-order valence-electron chi connectivity index (χ1n) is 7.41. The third-order valence-electron chi connectivity index (χ3n) is 3.43. The van der Waals surface area contributed by atoms with Gasteiger partial charge in [-0.3, -0.25) is 13.9 Å². The fourth-order valence-electron chi connectivity index (χ4n) is 2.25. The van der Waals surface area contributed by atoms with Crippen molar-refractivity contribution in [2.75, 3.05) is 6.54 Å². The first kappa shape index (κ1) is 16.4. The Balaban J connectivity index is 1.28. The van der Waals surface area contributed by atoms with Crippen LogP contribution in [0.4, 0.5) is 0 Å².